The molecule has 0 unspecified atom stereocenters. The molecule has 0 aromatic heterocycles. The Hall–Kier alpha value is -1.80. The van der Waals surface area contributed by atoms with E-state index in [4.69, 9.17) is 0 Å². The molecule has 0 heterocycles. The summed E-state index contributed by atoms with van der Waals surface area (Å²) in [5.74, 6) is -11.9. The zero-order valence-corrected chi connectivity index (χ0v) is 10.6. The van der Waals surface area contributed by atoms with Crippen LogP contribution in [0.5, 0.6) is 5.75 Å². The Morgan fingerprint density at radius 2 is 1.67 bits per heavy atom. The lowest BCUT2D eigenvalue weighted by Gasteiger charge is -2.26. The first-order valence-corrected chi connectivity index (χ1v) is 5.51. The fourth-order valence-corrected chi connectivity index (χ4v) is 1.35. The summed E-state index contributed by atoms with van der Waals surface area (Å²) in [4.78, 5) is 2.88. The van der Waals surface area contributed by atoms with Gasteiger partial charge in [0.05, 0.1) is 0 Å². The van der Waals surface area contributed by atoms with Crippen LogP contribution in [0.4, 0.5) is 30.7 Å². The number of halogens is 7. The summed E-state index contributed by atoms with van der Waals surface area (Å²) < 4.78 is 86.6. The maximum atomic E-state index is 12.9. The molecule has 0 aliphatic carbocycles. The second kappa shape index (κ2) is 5.53. The van der Waals surface area contributed by atoms with Crippen molar-refractivity contribution < 1.29 is 35.8 Å². The van der Waals surface area contributed by atoms with E-state index in [9.17, 15) is 35.8 Å². The Labute approximate surface area is 114 Å². The summed E-state index contributed by atoms with van der Waals surface area (Å²) in [6.07, 6.45) is -5.76. The molecular weight excluding hydrogens is 307 g/mol. The molecular formula is C12H10F7NO. The van der Waals surface area contributed by atoms with Crippen LogP contribution in [0.15, 0.2) is 23.2 Å². The van der Waals surface area contributed by atoms with Crippen molar-refractivity contribution in [3.8, 4) is 5.75 Å². The van der Waals surface area contributed by atoms with E-state index < -0.39 is 24.6 Å². The molecule has 0 radical (unpaired) electrons. The number of aromatic hydroxyl groups is 1. The third kappa shape index (κ3) is 3.45. The molecule has 0 amide bonds. The minimum absolute atomic E-state index is 0.0684. The van der Waals surface area contributed by atoms with Gasteiger partial charge >= 0.3 is 18.0 Å². The minimum Gasteiger partial charge on any atom is -0.507 e. The molecule has 21 heavy (non-hydrogen) atoms. The number of para-hydroxylation sites is 1. The van der Waals surface area contributed by atoms with Crippen molar-refractivity contribution in [2.45, 2.75) is 24.9 Å². The third-order valence-electron chi connectivity index (χ3n) is 2.60. The predicted molar refractivity (Wildman–Crippen MR) is 61.3 cm³/mol. The average molecular weight is 317 g/mol. The molecule has 1 aromatic rings. The minimum atomic E-state index is -6.38. The van der Waals surface area contributed by atoms with Crippen molar-refractivity contribution in [3.05, 3.63) is 29.3 Å². The molecule has 2 nitrogen and oxygen atoms in total. The maximum absolute atomic E-state index is 12.9. The molecule has 0 aliphatic rings. The molecule has 1 rings (SSSR count). The molecule has 0 bridgehead atoms. The quantitative estimate of drug-likeness (QED) is 0.662. The van der Waals surface area contributed by atoms with Crippen LogP contribution >= 0.6 is 0 Å². The first-order chi connectivity index (χ1) is 9.40. The molecule has 1 aromatic carbocycles. The Morgan fingerprint density at radius 3 is 2.19 bits per heavy atom. The standard InChI is InChI=1S/C12H10F7NO/c1-7-3-2-4-8(9(7)21)5-20-6-10(13,14)11(15,16)12(17,18)19/h2-5,21H,6H2,1H3. The lowest BCUT2D eigenvalue weighted by Crippen LogP contribution is -2.53. The fraction of sp³-hybridized carbons (Fsp3) is 0.417. The predicted octanol–water partition coefficient (Wildman–Crippen LogP) is 3.95. The van der Waals surface area contributed by atoms with Crippen LogP contribution in [0.1, 0.15) is 11.1 Å². The molecule has 0 spiro atoms. The number of benzene rings is 1. The number of alkyl halides is 7. The van der Waals surface area contributed by atoms with E-state index in [1.165, 1.54) is 25.1 Å². The van der Waals surface area contributed by atoms with E-state index in [1.807, 2.05) is 0 Å². The lowest BCUT2D eigenvalue weighted by atomic mass is 10.1. The number of aryl methyl sites for hydroxylation is 1. The number of phenolic OH excluding ortho intramolecular Hbond substituents is 1. The van der Waals surface area contributed by atoms with Crippen molar-refractivity contribution in [1.82, 2.24) is 0 Å². The SMILES string of the molecule is Cc1cccc(C=NCC(F)(F)C(F)(F)C(F)(F)F)c1O. The monoisotopic (exact) mass is 317 g/mol. The zero-order chi connectivity index (χ0) is 16.5. The molecule has 0 saturated heterocycles. The topological polar surface area (TPSA) is 32.6 Å². The lowest BCUT2D eigenvalue weighted by molar-refractivity contribution is -0.351. The van der Waals surface area contributed by atoms with Gasteiger partial charge in [-0.15, -0.1) is 0 Å². The van der Waals surface area contributed by atoms with Gasteiger partial charge in [0, 0.05) is 11.8 Å². The third-order valence-corrected chi connectivity index (χ3v) is 2.60. The van der Waals surface area contributed by atoms with Crippen molar-refractivity contribution in [2.75, 3.05) is 6.54 Å². The number of phenols is 1. The number of rotatable bonds is 4. The summed E-state index contributed by atoms with van der Waals surface area (Å²) in [5.41, 5.74) is 0.299. The molecule has 118 valence electrons. The van der Waals surface area contributed by atoms with Crippen LogP contribution in [0.25, 0.3) is 0 Å². The first-order valence-electron chi connectivity index (χ1n) is 5.51. The summed E-state index contributed by atoms with van der Waals surface area (Å²) in [6, 6.07) is 4.16. The van der Waals surface area contributed by atoms with Gasteiger partial charge in [-0.1, -0.05) is 12.1 Å². The summed E-state index contributed by atoms with van der Waals surface area (Å²) in [6.45, 7) is -0.577. The van der Waals surface area contributed by atoms with Gasteiger partial charge in [-0.2, -0.15) is 30.7 Å². The smallest absolute Gasteiger partial charge is 0.459 e. The summed E-state index contributed by atoms with van der Waals surface area (Å²) in [5, 5.41) is 9.51. The first kappa shape index (κ1) is 17.3. The summed E-state index contributed by atoms with van der Waals surface area (Å²) >= 11 is 0. The highest BCUT2D eigenvalue weighted by Crippen LogP contribution is 2.46. The van der Waals surface area contributed by atoms with Gasteiger partial charge in [-0.05, 0) is 18.6 Å². The molecule has 0 atom stereocenters. The van der Waals surface area contributed by atoms with E-state index in [0.717, 1.165) is 0 Å². The highest BCUT2D eigenvalue weighted by Gasteiger charge is 2.72. The van der Waals surface area contributed by atoms with Crippen molar-refractivity contribution >= 4 is 6.21 Å². The van der Waals surface area contributed by atoms with Gasteiger partial charge in [0.15, 0.2) is 0 Å². The van der Waals surface area contributed by atoms with E-state index in [0.29, 0.717) is 11.8 Å². The van der Waals surface area contributed by atoms with Gasteiger partial charge in [-0.25, -0.2) is 0 Å². The molecule has 1 N–H and O–H groups in total. The van der Waals surface area contributed by atoms with E-state index in [2.05, 4.69) is 4.99 Å². The van der Waals surface area contributed by atoms with E-state index in [1.54, 1.807) is 0 Å². The van der Waals surface area contributed by atoms with Crippen LogP contribution in [-0.4, -0.2) is 35.9 Å². The Balaban J connectivity index is 2.92. The van der Waals surface area contributed by atoms with Gasteiger partial charge in [0.25, 0.3) is 0 Å². The second-order valence-corrected chi connectivity index (χ2v) is 4.26. The van der Waals surface area contributed by atoms with Crippen LogP contribution in [0.3, 0.4) is 0 Å². The van der Waals surface area contributed by atoms with Gasteiger partial charge in [0.2, 0.25) is 0 Å². The fourth-order valence-electron chi connectivity index (χ4n) is 1.35. The number of hydrogen-bond acceptors (Lipinski definition) is 2. The van der Waals surface area contributed by atoms with Crippen molar-refractivity contribution in [3.63, 3.8) is 0 Å². The van der Waals surface area contributed by atoms with Crippen molar-refractivity contribution in [2.24, 2.45) is 4.99 Å². The number of nitrogens with zero attached hydrogens (tertiary/aromatic N) is 1. The van der Waals surface area contributed by atoms with Crippen LogP contribution in [-0.2, 0) is 0 Å². The van der Waals surface area contributed by atoms with Gasteiger partial charge in [0.1, 0.15) is 12.3 Å². The van der Waals surface area contributed by atoms with Crippen molar-refractivity contribution in [1.29, 1.82) is 0 Å². The van der Waals surface area contributed by atoms with E-state index in [-0.39, 0.29) is 11.3 Å². The average Bonchev–Trinajstić information content (AvgIpc) is 2.32. The van der Waals surface area contributed by atoms with Crippen LogP contribution in [0, 0.1) is 6.92 Å². The highest BCUT2D eigenvalue weighted by molar-refractivity contribution is 5.84. The van der Waals surface area contributed by atoms with Gasteiger partial charge < -0.3 is 5.11 Å². The molecule has 9 heteroatoms. The number of aliphatic imine (C=N–C) groups is 1. The second-order valence-electron chi connectivity index (χ2n) is 4.26. The normalized spacial score (nSPS) is 13.9. The van der Waals surface area contributed by atoms with Crippen LogP contribution in [0.2, 0.25) is 0 Å². The Bertz CT molecular complexity index is 537. The highest BCUT2D eigenvalue weighted by atomic mass is 19.4. The largest absolute Gasteiger partial charge is 0.507 e. The molecule has 0 saturated carbocycles. The zero-order valence-electron chi connectivity index (χ0n) is 10.6. The van der Waals surface area contributed by atoms with Crippen LogP contribution < -0.4 is 0 Å². The number of hydrogen-bond donors (Lipinski definition) is 1. The maximum Gasteiger partial charge on any atom is 0.459 e. The molecule has 0 fully saturated rings. The molecule has 0 aliphatic heterocycles. The van der Waals surface area contributed by atoms with Gasteiger partial charge in [-0.3, -0.25) is 4.99 Å². The Morgan fingerprint density at radius 1 is 1.10 bits per heavy atom. The Kier molecular flexibility index (Phi) is 4.54. The summed E-state index contributed by atoms with van der Waals surface area (Å²) in [7, 11) is 0. The van der Waals surface area contributed by atoms with E-state index >= 15 is 0 Å².